The summed E-state index contributed by atoms with van der Waals surface area (Å²) in [7, 11) is 4.58. The molecule has 0 aliphatic heterocycles. The lowest BCUT2D eigenvalue weighted by atomic mass is 10.1. The van der Waals surface area contributed by atoms with Crippen molar-refractivity contribution >= 4 is 23.3 Å². The van der Waals surface area contributed by atoms with E-state index in [1.54, 1.807) is 42.3 Å². The number of rotatable bonds is 8. The van der Waals surface area contributed by atoms with Crippen LogP contribution in [0.5, 0.6) is 5.75 Å². The number of ether oxygens (including phenoxy) is 3. The fourth-order valence-electron chi connectivity index (χ4n) is 3.20. The zero-order valence-corrected chi connectivity index (χ0v) is 18.3. The molecule has 0 aliphatic rings. The molecule has 3 rings (SSSR count). The van der Waals surface area contributed by atoms with Gasteiger partial charge >= 0.3 is 5.97 Å². The first-order valence-electron chi connectivity index (χ1n) is 9.99. The van der Waals surface area contributed by atoms with Crippen LogP contribution >= 0.6 is 0 Å². The van der Waals surface area contributed by atoms with Gasteiger partial charge in [0.05, 0.1) is 38.7 Å². The Morgan fingerprint density at radius 3 is 2.34 bits per heavy atom. The van der Waals surface area contributed by atoms with Gasteiger partial charge in [0.1, 0.15) is 5.75 Å². The SMILES string of the molecule is COC(=O)c1ccccc1COCc1ccc(N(C)C(=O)c2ccc(N)c(OC)c2)cc1. The predicted octanol–water partition coefficient (Wildman–Crippen LogP) is 4.06. The van der Waals surface area contributed by atoms with Crippen LogP contribution < -0.4 is 15.4 Å². The highest BCUT2D eigenvalue weighted by atomic mass is 16.5. The summed E-state index contributed by atoms with van der Waals surface area (Å²) < 4.78 is 15.8. The van der Waals surface area contributed by atoms with Crippen LogP contribution in [0.2, 0.25) is 0 Å². The molecule has 0 atom stereocenters. The summed E-state index contributed by atoms with van der Waals surface area (Å²) in [5.74, 6) is -0.0998. The largest absolute Gasteiger partial charge is 0.495 e. The van der Waals surface area contributed by atoms with E-state index in [0.717, 1.165) is 16.8 Å². The third kappa shape index (κ3) is 5.25. The van der Waals surface area contributed by atoms with Crippen LogP contribution in [0.1, 0.15) is 31.8 Å². The third-order valence-electron chi connectivity index (χ3n) is 5.06. The van der Waals surface area contributed by atoms with E-state index in [1.807, 2.05) is 36.4 Å². The van der Waals surface area contributed by atoms with Crippen molar-refractivity contribution < 1.29 is 23.8 Å². The Morgan fingerprint density at radius 1 is 0.938 bits per heavy atom. The van der Waals surface area contributed by atoms with Gasteiger partial charge in [0.15, 0.2) is 0 Å². The Labute approximate surface area is 187 Å². The van der Waals surface area contributed by atoms with Crippen molar-refractivity contribution in [1.82, 2.24) is 0 Å². The number of nitrogens with two attached hydrogens (primary N) is 1. The van der Waals surface area contributed by atoms with Crippen LogP contribution in [0.4, 0.5) is 11.4 Å². The second-order valence-corrected chi connectivity index (χ2v) is 7.13. The number of methoxy groups -OCH3 is 2. The van der Waals surface area contributed by atoms with E-state index in [2.05, 4.69) is 0 Å². The van der Waals surface area contributed by atoms with Crippen LogP contribution in [0.25, 0.3) is 0 Å². The quantitative estimate of drug-likeness (QED) is 0.425. The number of nitrogen functional groups attached to an aromatic ring is 1. The number of anilines is 2. The predicted molar refractivity (Wildman–Crippen MR) is 123 cm³/mol. The van der Waals surface area contributed by atoms with Crippen LogP contribution in [0.15, 0.2) is 66.7 Å². The first-order valence-corrected chi connectivity index (χ1v) is 9.99. The van der Waals surface area contributed by atoms with Crippen molar-refractivity contribution in [3.05, 3.63) is 89.0 Å². The van der Waals surface area contributed by atoms with Crippen molar-refractivity contribution in [2.75, 3.05) is 31.9 Å². The summed E-state index contributed by atoms with van der Waals surface area (Å²) in [6.45, 7) is 0.646. The molecule has 0 aromatic heterocycles. The van der Waals surface area contributed by atoms with Gasteiger partial charge in [-0.05, 0) is 47.5 Å². The molecule has 0 saturated heterocycles. The van der Waals surface area contributed by atoms with Gasteiger partial charge in [0.25, 0.3) is 5.91 Å². The van der Waals surface area contributed by atoms with Gasteiger partial charge in [-0.3, -0.25) is 4.79 Å². The Hall–Kier alpha value is -3.84. The van der Waals surface area contributed by atoms with Crippen molar-refractivity contribution in [2.45, 2.75) is 13.2 Å². The van der Waals surface area contributed by atoms with Crippen molar-refractivity contribution in [2.24, 2.45) is 0 Å². The fraction of sp³-hybridized carbons (Fsp3) is 0.200. The van der Waals surface area contributed by atoms with E-state index < -0.39 is 0 Å². The summed E-state index contributed by atoms with van der Waals surface area (Å²) >= 11 is 0. The van der Waals surface area contributed by atoms with Gasteiger partial charge in [-0.1, -0.05) is 30.3 Å². The minimum atomic E-state index is -0.389. The molecule has 0 saturated carbocycles. The van der Waals surface area contributed by atoms with Crippen molar-refractivity contribution in [3.63, 3.8) is 0 Å². The van der Waals surface area contributed by atoms with E-state index >= 15 is 0 Å². The molecule has 1 amide bonds. The Balaban J connectivity index is 1.62. The second-order valence-electron chi connectivity index (χ2n) is 7.13. The average molecular weight is 434 g/mol. The molecule has 0 aliphatic carbocycles. The zero-order valence-electron chi connectivity index (χ0n) is 18.3. The number of esters is 1. The number of nitrogens with zero attached hydrogens (tertiary/aromatic N) is 1. The second kappa shape index (κ2) is 10.5. The minimum absolute atomic E-state index is 0.174. The van der Waals surface area contributed by atoms with Gasteiger partial charge < -0.3 is 24.8 Å². The number of carbonyl (C=O) groups is 2. The molecule has 0 radical (unpaired) electrons. The highest BCUT2D eigenvalue weighted by Gasteiger charge is 2.15. The molecule has 166 valence electrons. The standard InChI is InChI=1S/C25H26N2O5/c1-27(24(28)18-10-13-22(26)23(14-18)30-2)20-11-8-17(9-12-20)15-32-16-19-6-4-5-7-21(19)25(29)31-3/h4-14H,15-16,26H2,1-3H3. The van der Waals surface area contributed by atoms with Gasteiger partial charge in [0, 0.05) is 18.3 Å². The molecule has 7 heteroatoms. The highest BCUT2D eigenvalue weighted by molar-refractivity contribution is 6.06. The minimum Gasteiger partial charge on any atom is -0.495 e. The molecule has 0 fully saturated rings. The zero-order chi connectivity index (χ0) is 23.1. The molecule has 0 unspecified atom stereocenters. The highest BCUT2D eigenvalue weighted by Crippen LogP contribution is 2.24. The smallest absolute Gasteiger partial charge is 0.338 e. The summed E-state index contributed by atoms with van der Waals surface area (Å²) in [6, 6.07) is 19.6. The molecule has 3 aromatic carbocycles. The molecular formula is C25H26N2O5. The monoisotopic (exact) mass is 434 g/mol. The molecule has 7 nitrogen and oxygen atoms in total. The van der Waals surface area contributed by atoms with E-state index in [4.69, 9.17) is 19.9 Å². The third-order valence-corrected chi connectivity index (χ3v) is 5.06. The molecule has 0 heterocycles. The van der Waals surface area contributed by atoms with Crippen molar-refractivity contribution in [1.29, 1.82) is 0 Å². The molecular weight excluding hydrogens is 408 g/mol. The summed E-state index contributed by atoms with van der Waals surface area (Å²) in [4.78, 5) is 26.2. The van der Waals surface area contributed by atoms with Crippen LogP contribution in [0.3, 0.4) is 0 Å². The maximum Gasteiger partial charge on any atom is 0.338 e. The lowest BCUT2D eigenvalue weighted by Gasteiger charge is -2.18. The topological polar surface area (TPSA) is 91.1 Å². The maximum absolute atomic E-state index is 12.8. The Bertz CT molecular complexity index is 1100. The van der Waals surface area contributed by atoms with Crippen LogP contribution in [0, 0.1) is 0 Å². The summed E-state index contributed by atoms with van der Waals surface area (Å²) in [5.41, 5.74) is 9.72. The fourth-order valence-corrected chi connectivity index (χ4v) is 3.20. The number of hydrogen-bond donors (Lipinski definition) is 1. The van der Waals surface area contributed by atoms with Gasteiger partial charge in [0.2, 0.25) is 0 Å². The first-order chi connectivity index (χ1) is 15.4. The lowest BCUT2D eigenvalue weighted by Crippen LogP contribution is -2.26. The number of hydrogen-bond acceptors (Lipinski definition) is 6. The summed E-state index contributed by atoms with van der Waals surface area (Å²) in [6.07, 6.45) is 0. The van der Waals surface area contributed by atoms with E-state index in [1.165, 1.54) is 14.2 Å². The molecule has 0 bridgehead atoms. The number of amides is 1. The summed E-state index contributed by atoms with van der Waals surface area (Å²) in [5, 5.41) is 0. The molecule has 32 heavy (non-hydrogen) atoms. The van der Waals surface area contributed by atoms with Crippen molar-refractivity contribution in [3.8, 4) is 5.75 Å². The Morgan fingerprint density at radius 2 is 1.66 bits per heavy atom. The first kappa shape index (κ1) is 22.8. The average Bonchev–Trinajstić information content (AvgIpc) is 2.83. The molecule has 3 aromatic rings. The van der Waals surface area contributed by atoms with Gasteiger partial charge in [-0.15, -0.1) is 0 Å². The molecule has 0 spiro atoms. The van der Waals surface area contributed by atoms with Crippen LogP contribution in [-0.2, 0) is 22.7 Å². The lowest BCUT2D eigenvalue weighted by molar-refractivity contribution is 0.0590. The van der Waals surface area contributed by atoms with Gasteiger partial charge in [-0.2, -0.15) is 0 Å². The van der Waals surface area contributed by atoms with E-state index in [9.17, 15) is 9.59 Å². The van der Waals surface area contributed by atoms with Crippen LogP contribution in [-0.4, -0.2) is 33.1 Å². The maximum atomic E-state index is 12.8. The van der Waals surface area contributed by atoms with Gasteiger partial charge in [-0.25, -0.2) is 4.79 Å². The molecule has 2 N–H and O–H groups in total. The van der Waals surface area contributed by atoms with E-state index in [-0.39, 0.29) is 18.5 Å². The number of benzene rings is 3. The normalized spacial score (nSPS) is 10.5. The number of carbonyl (C=O) groups excluding carboxylic acids is 2. The Kier molecular flexibility index (Phi) is 7.46. The van der Waals surface area contributed by atoms with E-state index in [0.29, 0.717) is 29.2 Å².